The first kappa shape index (κ1) is 15.5. The second-order valence-electron chi connectivity index (χ2n) is 4.41. The second-order valence-corrected chi connectivity index (χ2v) is 4.41. The van der Waals surface area contributed by atoms with Crippen molar-refractivity contribution >= 4 is 5.91 Å². The molecule has 1 rings (SSSR count). The van der Waals surface area contributed by atoms with Crippen molar-refractivity contribution in [3.05, 3.63) is 29.8 Å². The van der Waals surface area contributed by atoms with Crippen molar-refractivity contribution in [2.24, 2.45) is 0 Å². The number of hydrogen-bond donors (Lipinski definition) is 1. The van der Waals surface area contributed by atoms with E-state index in [0.29, 0.717) is 19.7 Å². The highest BCUT2D eigenvalue weighted by atomic mass is 16.5. The molecule has 1 N–H and O–H groups in total. The van der Waals surface area contributed by atoms with Crippen molar-refractivity contribution in [3.8, 4) is 5.75 Å². The molecule has 1 aromatic carbocycles. The van der Waals surface area contributed by atoms with Crippen LogP contribution < -0.4 is 10.1 Å². The summed E-state index contributed by atoms with van der Waals surface area (Å²) in [7, 11) is 0. The number of carbonyl (C=O) groups excluding carboxylic acids is 1. The molecule has 0 atom stereocenters. The lowest BCUT2D eigenvalue weighted by atomic mass is 10.2. The van der Waals surface area contributed by atoms with Crippen LogP contribution in [0.5, 0.6) is 5.75 Å². The summed E-state index contributed by atoms with van der Waals surface area (Å²) in [6.07, 6.45) is 0. The summed E-state index contributed by atoms with van der Waals surface area (Å²) >= 11 is 0. The molecule has 0 aromatic heterocycles. The fraction of sp³-hybridized carbons (Fsp3) is 0.533. The van der Waals surface area contributed by atoms with Crippen molar-refractivity contribution < 1.29 is 9.53 Å². The predicted molar refractivity (Wildman–Crippen MR) is 77.5 cm³/mol. The van der Waals surface area contributed by atoms with E-state index < -0.39 is 0 Å². The molecular weight excluding hydrogens is 240 g/mol. The van der Waals surface area contributed by atoms with Crippen LogP contribution in [0, 0.1) is 6.92 Å². The van der Waals surface area contributed by atoms with Crippen molar-refractivity contribution in [3.63, 3.8) is 0 Å². The van der Waals surface area contributed by atoms with E-state index in [4.69, 9.17) is 4.74 Å². The Balaban J connectivity index is 2.16. The van der Waals surface area contributed by atoms with Gasteiger partial charge in [0.25, 0.3) is 0 Å². The van der Waals surface area contributed by atoms with Gasteiger partial charge in [-0.3, -0.25) is 4.79 Å². The lowest BCUT2D eigenvalue weighted by Gasteiger charge is -2.18. The minimum Gasteiger partial charge on any atom is -0.492 e. The minimum atomic E-state index is 0.139. The monoisotopic (exact) mass is 264 g/mol. The van der Waals surface area contributed by atoms with E-state index in [-0.39, 0.29) is 5.91 Å². The quantitative estimate of drug-likeness (QED) is 0.728. The van der Waals surface area contributed by atoms with Gasteiger partial charge in [0.2, 0.25) is 5.91 Å². The summed E-state index contributed by atoms with van der Waals surface area (Å²) in [6.45, 7) is 9.14. The zero-order valence-corrected chi connectivity index (χ0v) is 12.1. The highest BCUT2D eigenvalue weighted by Crippen LogP contribution is 2.11. The van der Waals surface area contributed by atoms with Crippen molar-refractivity contribution in [1.29, 1.82) is 0 Å². The Hall–Kier alpha value is -1.55. The van der Waals surface area contributed by atoms with E-state index in [1.807, 2.05) is 49.9 Å². The van der Waals surface area contributed by atoms with Gasteiger partial charge in [-0.25, -0.2) is 0 Å². The van der Waals surface area contributed by atoms with Crippen LogP contribution >= 0.6 is 0 Å². The fourth-order valence-electron chi connectivity index (χ4n) is 1.83. The summed E-state index contributed by atoms with van der Waals surface area (Å²) < 4.78 is 5.59. The molecule has 4 nitrogen and oxygen atoms in total. The number of likely N-dealkylation sites (N-methyl/N-ethyl adjacent to an activating group) is 1. The first-order chi connectivity index (χ1) is 9.17. The largest absolute Gasteiger partial charge is 0.492 e. The molecule has 0 unspecified atom stereocenters. The lowest BCUT2D eigenvalue weighted by Crippen LogP contribution is -2.39. The Morgan fingerprint density at radius 1 is 1.32 bits per heavy atom. The molecule has 0 saturated heterocycles. The van der Waals surface area contributed by atoms with Crippen molar-refractivity contribution in [2.75, 3.05) is 32.8 Å². The Kier molecular flexibility index (Phi) is 6.97. The van der Waals surface area contributed by atoms with Crippen LogP contribution in [0.25, 0.3) is 0 Å². The van der Waals surface area contributed by atoms with Crippen LogP contribution in [0.2, 0.25) is 0 Å². The molecule has 0 aliphatic rings. The summed E-state index contributed by atoms with van der Waals surface area (Å²) in [5.74, 6) is 1.01. The maximum Gasteiger partial charge on any atom is 0.236 e. The summed E-state index contributed by atoms with van der Waals surface area (Å²) in [4.78, 5) is 13.5. The molecule has 19 heavy (non-hydrogen) atoms. The predicted octanol–water partition coefficient (Wildman–Crippen LogP) is 1.83. The standard InChI is InChI=1S/C15H24N2O2/c1-4-17(5-2)15(18)12-16-9-10-19-14-8-6-7-13(3)11-14/h6-8,11,16H,4-5,9-10,12H2,1-3H3. The van der Waals surface area contributed by atoms with Crippen LogP contribution in [0.3, 0.4) is 0 Å². The van der Waals surface area contributed by atoms with Crippen LogP contribution in [-0.4, -0.2) is 43.6 Å². The van der Waals surface area contributed by atoms with Gasteiger partial charge < -0.3 is 15.0 Å². The number of benzene rings is 1. The molecule has 0 aliphatic heterocycles. The van der Waals surface area contributed by atoms with Crippen LogP contribution in [0.4, 0.5) is 0 Å². The molecule has 1 amide bonds. The van der Waals surface area contributed by atoms with Crippen molar-refractivity contribution in [2.45, 2.75) is 20.8 Å². The van der Waals surface area contributed by atoms with E-state index in [1.54, 1.807) is 0 Å². The normalized spacial score (nSPS) is 10.3. The van der Waals surface area contributed by atoms with Gasteiger partial charge in [-0.05, 0) is 38.5 Å². The van der Waals surface area contributed by atoms with Gasteiger partial charge in [0.15, 0.2) is 0 Å². The third kappa shape index (κ3) is 5.75. The molecule has 4 heteroatoms. The molecule has 106 valence electrons. The molecule has 0 spiro atoms. The summed E-state index contributed by atoms with van der Waals surface area (Å²) in [6, 6.07) is 7.95. The van der Waals surface area contributed by atoms with E-state index in [2.05, 4.69) is 5.32 Å². The molecule has 0 radical (unpaired) electrons. The zero-order chi connectivity index (χ0) is 14.1. The van der Waals surface area contributed by atoms with Gasteiger partial charge in [-0.2, -0.15) is 0 Å². The SMILES string of the molecule is CCN(CC)C(=O)CNCCOc1cccc(C)c1. The Morgan fingerprint density at radius 3 is 2.68 bits per heavy atom. The van der Waals surface area contributed by atoms with E-state index in [1.165, 1.54) is 5.56 Å². The van der Waals surface area contributed by atoms with Gasteiger partial charge in [0.05, 0.1) is 6.54 Å². The van der Waals surface area contributed by atoms with Gasteiger partial charge in [0.1, 0.15) is 12.4 Å². The zero-order valence-electron chi connectivity index (χ0n) is 12.1. The topological polar surface area (TPSA) is 41.6 Å². The fourth-order valence-corrected chi connectivity index (χ4v) is 1.83. The number of ether oxygens (including phenoxy) is 1. The number of carbonyl (C=O) groups is 1. The second kappa shape index (κ2) is 8.53. The molecule has 0 bridgehead atoms. The smallest absolute Gasteiger partial charge is 0.236 e. The third-order valence-corrected chi connectivity index (χ3v) is 2.93. The van der Waals surface area contributed by atoms with Crippen LogP contribution in [0.15, 0.2) is 24.3 Å². The molecule has 0 saturated carbocycles. The van der Waals surface area contributed by atoms with Gasteiger partial charge in [0, 0.05) is 19.6 Å². The number of nitrogens with zero attached hydrogens (tertiary/aromatic N) is 1. The van der Waals surface area contributed by atoms with E-state index in [9.17, 15) is 4.79 Å². The lowest BCUT2D eigenvalue weighted by molar-refractivity contribution is -0.129. The Bertz CT molecular complexity index is 389. The first-order valence-corrected chi connectivity index (χ1v) is 6.85. The van der Waals surface area contributed by atoms with Gasteiger partial charge in [-0.15, -0.1) is 0 Å². The van der Waals surface area contributed by atoms with Gasteiger partial charge in [-0.1, -0.05) is 12.1 Å². The number of rotatable bonds is 8. The highest BCUT2D eigenvalue weighted by Gasteiger charge is 2.07. The third-order valence-electron chi connectivity index (χ3n) is 2.93. The Labute approximate surface area is 115 Å². The number of amides is 1. The number of nitrogens with one attached hydrogen (secondary N) is 1. The summed E-state index contributed by atoms with van der Waals surface area (Å²) in [5.41, 5.74) is 1.18. The maximum atomic E-state index is 11.7. The molecule has 0 heterocycles. The Morgan fingerprint density at radius 2 is 2.05 bits per heavy atom. The molecular formula is C15H24N2O2. The first-order valence-electron chi connectivity index (χ1n) is 6.85. The van der Waals surface area contributed by atoms with Crippen LogP contribution in [0.1, 0.15) is 19.4 Å². The van der Waals surface area contributed by atoms with Crippen LogP contribution in [-0.2, 0) is 4.79 Å². The highest BCUT2D eigenvalue weighted by molar-refractivity contribution is 5.78. The maximum absolute atomic E-state index is 11.7. The minimum absolute atomic E-state index is 0.139. The average Bonchev–Trinajstić information content (AvgIpc) is 2.40. The van der Waals surface area contributed by atoms with Crippen molar-refractivity contribution in [1.82, 2.24) is 10.2 Å². The van der Waals surface area contributed by atoms with E-state index >= 15 is 0 Å². The average molecular weight is 264 g/mol. The number of hydrogen-bond acceptors (Lipinski definition) is 3. The molecule has 0 fully saturated rings. The van der Waals surface area contributed by atoms with Gasteiger partial charge >= 0.3 is 0 Å². The molecule has 1 aromatic rings. The number of aryl methyl sites for hydroxylation is 1. The summed E-state index contributed by atoms with van der Waals surface area (Å²) in [5, 5.41) is 3.10. The van der Waals surface area contributed by atoms with E-state index in [0.717, 1.165) is 18.8 Å². The molecule has 0 aliphatic carbocycles.